The van der Waals surface area contributed by atoms with Crippen molar-refractivity contribution in [2.75, 3.05) is 17.6 Å². The Morgan fingerprint density at radius 2 is 1.38 bits per heavy atom. The number of imidazole rings is 1. The van der Waals surface area contributed by atoms with Crippen LogP contribution in [-0.2, 0) is 12.4 Å². The van der Waals surface area contributed by atoms with Crippen LogP contribution >= 0.6 is 11.8 Å². The van der Waals surface area contributed by atoms with Crippen LogP contribution in [0.3, 0.4) is 0 Å². The summed E-state index contributed by atoms with van der Waals surface area (Å²) in [5.74, 6) is 0.540. The lowest BCUT2D eigenvalue weighted by molar-refractivity contribution is -0.143. The fourth-order valence-electron chi connectivity index (χ4n) is 3.68. The molecule has 5 nitrogen and oxygen atoms in total. The summed E-state index contributed by atoms with van der Waals surface area (Å²) in [4.78, 5) is 20.2. The number of benzene rings is 3. The molecule has 2 amide bonds. The molecule has 0 saturated heterocycles. The van der Waals surface area contributed by atoms with Crippen LogP contribution in [0.1, 0.15) is 17.5 Å². The van der Waals surface area contributed by atoms with Gasteiger partial charge in [-0.3, -0.25) is 0 Å². The number of urea groups is 1. The number of nitrogens with one attached hydrogen (secondary N) is 3. The number of alkyl halides is 6. The topological polar surface area (TPSA) is 69.8 Å². The smallest absolute Gasteiger partial charge is 0.338 e. The van der Waals surface area contributed by atoms with Gasteiger partial charge in [0.1, 0.15) is 0 Å². The Hall–Kier alpha value is -3.93. The number of carbonyl (C=O) groups is 1. The van der Waals surface area contributed by atoms with Gasteiger partial charge in [-0.2, -0.15) is 26.3 Å². The molecule has 0 aliphatic carbocycles. The van der Waals surface area contributed by atoms with E-state index in [9.17, 15) is 31.1 Å². The number of aromatic nitrogens is 2. The molecule has 0 unspecified atom stereocenters. The summed E-state index contributed by atoms with van der Waals surface area (Å²) in [6.07, 6.45) is -9.54. The van der Waals surface area contributed by atoms with E-state index >= 15 is 0 Å². The first-order valence-electron chi connectivity index (χ1n) is 11.7. The van der Waals surface area contributed by atoms with Crippen LogP contribution in [0.2, 0.25) is 0 Å². The Labute approximate surface area is 224 Å². The molecule has 39 heavy (non-hydrogen) atoms. The molecule has 204 valence electrons. The average Bonchev–Trinajstić information content (AvgIpc) is 3.32. The van der Waals surface area contributed by atoms with Gasteiger partial charge in [0.05, 0.1) is 22.5 Å². The second kappa shape index (κ2) is 11.9. The van der Waals surface area contributed by atoms with Gasteiger partial charge in [-0.1, -0.05) is 72.4 Å². The first-order chi connectivity index (χ1) is 18.5. The van der Waals surface area contributed by atoms with E-state index in [1.54, 1.807) is 0 Å². The van der Waals surface area contributed by atoms with Gasteiger partial charge in [-0.05, 0) is 24.6 Å². The van der Waals surface area contributed by atoms with Crippen LogP contribution in [0.25, 0.3) is 22.5 Å². The SMILES string of the molecule is O=C(NCCCSc1nc(-c2ccccc2)c(-c2ccccc2)[nH]1)Nc1cc(C(F)(F)F)cc(C(F)(F)F)c1. The molecule has 4 rings (SSSR count). The predicted octanol–water partition coefficient (Wildman–Crippen LogP) is 8.09. The van der Waals surface area contributed by atoms with E-state index in [0.717, 1.165) is 22.5 Å². The van der Waals surface area contributed by atoms with Gasteiger partial charge in [0.2, 0.25) is 0 Å². The van der Waals surface area contributed by atoms with Crippen LogP contribution in [0.4, 0.5) is 36.8 Å². The van der Waals surface area contributed by atoms with Gasteiger partial charge < -0.3 is 15.6 Å². The molecule has 0 saturated carbocycles. The van der Waals surface area contributed by atoms with Crippen molar-refractivity contribution in [2.24, 2.45) is 0 Å². The van der Waals surface area contributed by atoms with Gasteiger partial charge in [-0.15, -0.1) is 0 Å². The van der Waals surface area contributed by atoms with Crippen molar-refractivity contribution in [3.05, 3.63) is 90.0 Å². The lowest BCUT2D eigenvalue weighted by atomic mass is 10.1. The zero-order valence-corrected chi connectivity index (χ0v) is 21.0. The Morgan fingerprint density at radius 1 is 0.821 bits per heavy atom. The monoisotopic (exact) mass is 564 g/mol. The van der Waals surface area contributed by atoms with E-state index < -0.39 is 35.2 Å². The number of anilines is 1. The van der Waals surface area contributed by atoms with Gasteiger partial charge >= 0.3 is 18.4 Å². The lowest BCUT2D eigenvalue weighted by Gasteiger charge is -2.15. The minimum Gasteiger partial charge on any atom is -0.338 e. The van der Waals surface area contributed by atoms with E-state index in [0.29, 0.717) is 29.5 Å². The highest BCUT2D eigenvalue weighted by Crippen LogP contribution is 2.37. The molecule has 0 spiro atoms. The van der Waals surface area contributed by atoms with Crippen molar-refractivity contribution in [1.29, 1.82) is 0 Å². The summed E-state index contributed by atoms with van der Waals surface area (Å²) in [6.45, 7) is 0.141. The highest BCUT2D eigenvalue weighted by Gasteiger charge is 2.37. The maximum atomic E-state index is 13.0. The zero-order valence-electron chi connectivity index (χ0n) is 20.2. The number of carbonyl (C=O) groups excluding carboxylic acids is 1. The molecule has 3 aromatic carbocycles. The fourth-order valence-corrected chi connectivity index (χ4v) is 4.50. The summed E-state index contributed by atoms with van der Waals surface area (Å²) >= 11 is 1.42. The first-order valence-corrected chi connectivity index (χ1v) is 12.7. The third-order valence-electron chi connectivity index (χ3n) is 5.48. The van der Waals surface area contributed by atoms with E-state index in [-0.39, 0.29) is 12.6 Å². The van der Waals surface area contributed by atoms with Crippen LogP contribution in [0.15, 0.2) is 84.0 Å². The maximum Gasteiger partial charge on any atom is 0.416 e. The Kier molecular flexibility index (Phi) is 8.54. The molecule has 0 atom stereocenters. The van der Waals surface area contributed by atoms with Crippen molar-refractivity contribution < 1.29 is 31.1 Å². The molecule has 1 heterocycles. The van der Waals surface area contributed by atoms with Gasteiger partial charge in [-0.25, -0.2) is 9.78 Å². The highest BCUT2D eigenvalue weighted by atomic mass is 32.2. The summed E-state index contributed by atoms with van der Waals surface area (Å²) in [5.41, 5.74) is -0.0541. The second-order valence-electron chi connectivity index (χ2n) is 8.38. The minimum atomic E-state index is -5.00. The second-order valence-corrected chi connectivity index (χ2v) is 9.46. The van der Waals surface area contributed by atoms with Crippen molar-refractivity contribution in [1.82, 2.24) is 15.3 Å². The van der Waals surface area contributed by atoms with Crippen molar-refractivity contribution in [2.45, 2.75) is 23.9 Å². The van der Waals surface area contributed by atoms with Crippen molar-refractivity contribution in [3.8, 4) is 22.5 Å². The number of halogens is 6. The molecule has 0 fully saturated rings. The van der Waals surface area contributed by atoms with Crippen LogP contribution in [0, 0.1) is 0 Å². The Balaban J connectivity index is 1.34. The number of rotatable bonds is 8. The standard InChI is InChI=1S/C27H22F6N4OS/c28-26(29,30)19-14-20(27(31,32)33)16-21(15-19)35-24(38)34-12-7-13-39-25-36-22(17-8-3-1-4-9-17)23(37-25)18-10-5-2-6-11-18/h1-6,8-11,14-16H,7,12-13H2,(H,36,37)(H2,34,35,38). The van der Waals surface area contributed by atoms with Crippen LogP contribution in [0.5, 0.6) is 0 Å². The van der Waals surface area contributed by atoms with Gasteiger partial charge in [0, 0.05) is 29.1 Å². The quantitative estimate of drug-likeness (QED) is 0.115. The summed E-state index contributed by atoms with van der Waals surface area (Å²) in [6, 6.07) is 19.4. The normalized spacial score (nSPS) is 11.8. The first kappa shape index (κ1) is 28.1. The summed E-state index contributed by atoms with van der Waals surface area (Å²) < 4.78 is 78.1. The van der Waals surface area contributed by atoms with E-state index in [1.807, 2.05) is 66.0 Å². The highest BCUT2D eigenvalue weighted by molar-refractivity contribution is 7.99. The fraction of sp³-hybridized carbons (Fsp3) is 0.185. The molecule has 12 heteroatoms. The average molecular weight is 565 g/mol. The van der Waals surface area contributed by atoms with Crippen molar-refractivity contribution >= 4 is 23.5 Å². The molecular formula is C27H22F6N4OS. The predicted molar refractivity (Wildman–Crippen MR) is 138 cm³/mol. The van der Waals surface area contributed by atoms with Crippen molar-refractivity contribution in [3.63, 3.8) is 0 Å². The molecule has 0 radical (unpaired) electrons. The van der Waals surface area contributed by atoms with Gasteiger partial charge in [0.15, 0.2) is 5.16 Å². The number of hydrogen-bond donors (Lipinski definition) is 3. The molecule has 0 aliphatic heterocycles. The number of nitrogens with zero attached hydrogens (tertiary/aromatic N) is 1. The molecule has 0 aliphatic rings. The van der Waals surface area contributed by atoms with Crippen LogP contribution in [-0.4, -0.2) is 28.3 Å². The molecule has 0 bridgehead atoms. The Bertz CT molecular complexity index is 1320. The molecular weight excluding hydrogens is 542 g/mol. The summed E-state index contributed by atoms with van der Waals surface area (Å²) in [7, 11) is 0. The molecule has 1 aromatic heterocycles. The maximum absolute atomic E-state index is 13.0. The molecule has 4 aromatic rings. The number of thioether (sulfide) groups is 1. The third kappa shape index (κ3) is 7.56. The van der Waals surface area contributed by atoms with Gasteiger partial charge in [0.25, 0.3) is 0 Å². The lowest BCUT2D eigenvalue weighted by Crippen LogP contribution is -2.30. The molecule has 3 N–H and O–H groups in total. The van der Waals surface area contributed by atoms with E-state index in [2.05, 4.69) is 10.3 Å². The number of amides is 2. The zero-order chi connectivity index (χ0) is 28.0. The minimum absolute atomic E-state index is 0.00135. The summed E-state index contributed by atoms with van der Waals surface area (Å²) in [5, 5.41) is 5.16. The number of hydrogen-bond acceptors (Lipinski definition) is 3. The number of aromatic amines is 1. The van der Waals surface area contributed by atoms with E-state index in [4.69, 9.17) is 4.98 Å². The Morgan fingerprint density at radius 3 is 1.95 bits per heavy atom. The van der Waals surface area contributed by atoms with Crippen LogP contribution < -0.4 is 10.6 Å². The number of H-pyrrole nitrogens is 1. The van der Waals surface area contributed by atoms with E-state index in [1.165, 1.54) is 11.8 Å². The largest absolute Gasteiger partial charge is 0.416 e. The third-order valence-corrected chi connectivity index (χ3v) is 6.44.